The van der Waals surface area contributed by atoms with E-state index < -0.39 is 0 Å². The first-order valence-electron chi connectivity index (χ1n) is 9.68. The molecule has 3 saturated heterocycles. The molecule has 0 spiro atoms. The smallest absolute Gasteiger partial charge is 0.251 e. The maximum absolute atomic E-state index is 12.7. The second-order valence-corrected chi connectivity index (χ2v) is 8.45. The SMILES string of the molecule is CC(=O)Nc1csc(Oc2ccc(C(=O)N[C@@H]3C4CCN(CC4)[C@H]3C)cc2)c1. The Bertz CT molecular complexity index is 854. The van der Waals surface area contributed by atoms with E-state index in [1.54, 1.807) is 30.3 Å². The van der Waals surface area contributed by atoms with Crippen LogP contribution in [0.4, 0.5) is 5.69 Å². The van der Waals surface area contributed by atoms with Gasteiger partial charge in [-0.1, -0.05) is 0 Å². The number of ether oxygens (including phenoxy) is 1. The number of hydrogen-bond donors (Lipinski definition) is 2. The van der Waals surface area contributed by atoms with Gasteiger partial charge in [0.05, 0.1) is 5.69 Å². The van der Waals surface area contributed by atoms with E-state index in [1.807, 2.05) is 5.38 Å². The molecule has 0 aliphatic carbocycles. The summed E-state index contributed by atoms with van der Waals surface area (Å²) in [4.78, 5) is 26.3. The molecule has 5 rings (SSSR count). The molecule has 1 aromatic carbocycles. The monoisotopic (exact) mass is 399 g/mol. The third-order valence-electron chi connectivity index (χ3n) is 5.71. The Morgan fingerprint density at radius 1 is 1.18 bits per heavy atom. The normalized spacial score (nSPS) is 25.9. The van der Waals surface area contributed by atoms with Gasteiger partial charge < -0.3 is 15.4 Å². The van der Waals surface area contributed by atoms with Gasteiger partial charge in [-0.15, -0.1) is 11.3 Å². The van der Waals surface area contributed by atoms with Gasteiger partial charge in [-0.25, -0.2) is 0 Å². The Balaban J connectivity index is 1.37. The van der Waals surface area contributed by atoms with Crippen LogP contribution in [-0.2, 0) is 4.79 Å². The van der Waals surface area contributed by atoms with Gasteiger partial charge in [0.2, 0.25) is 5.91 Å². The zero-order chi connectivity index (χ0) is 19.7. The van der Waals surface area contributed by atoms with Crippen molar-refractivity contribution in [1.82, 2.24) is 10.2 Å². The molecule has 3 aliphatic heterocycles. The quantitative estimate of drug-likeness (QED) is 0.804. The number of hydrogen-bond acceptors (Lipinski definition) is 5. The van der Waals surface area contributed by atoms with Crippen molar-refractivity contribution >= 4 is 28.8 Å². The van der Waals surface area contributed by atoms with Crippen LogP contribution in [0.3, 0.4) is 0 Å². The van der Waals surface area contributed by atoms with Gasteiger partial charge in [0.15, 0.2) is 5.06 Å². The maximum Gasteiger partial charge on any atom is 0.251 e. The number of carbonyl (C=O) groups is 2. The largest absolute Gasteiger partial charge is 0.447 e. The van der Waals surface area contributed by atoms with Crippen molar-refractivity contribution in [1.29, 1.82) is 0 Å². The molecule has 3 fully saturated rings. The lowest BCUT2D eigenvalue weighted by atomic mass is 9.79. The molecular weight excluding hydrogens is 374 g/mol. The van der Waals surface area contributed by atoms with Gasteiger partial charge in [0.25, 0.3) is 5.91 Å². The minimum Gasteiger partial charge on any atom is -0.447 e. The van der Waals surface area contributed by atoms with Gasteiger partial charge in [-0.3, -0.25) is 14.5 Å². The average Bonchev–Trinajstić information content (AvgIpc) is 3.11. The Hall–Kier alpha value is -2.38. The lowest BCUT2D eigenvalue weighted by molar-refractivity contribution is -0.114. The molecule has 7 heteroatoms. The van der Waals surface area contributed by atoms with Gasteiger partial charge in [-0.05, 0) is 63.0 Å². The summed E-state index contributed by atoms with van der Waals surface area (Å²) in [7, 11) is 0. The molecule has 2 atom stereocenters. The predicted octanol–water partition coefficient (Wildman–Crippen LogP) is 3.71. The van der Waals surface area contributed by atoms with E-state index in [1.165, 1.54) is 31.1 Å². The Morgan fingerprint density at radius 3 is 2.54 bits per heavy atom. The molecule has 0 radical (unpaired) electrons. The van der Waals surface area contributed by atoms with Crippen LogP contribution in [0, 0.1) is 5.92 Å². The molecule has 148 valence electrons. The number of fused-ring (bicyclic) bond motifs is 3. The topological polar surface area (TPSA) is 70.7 Å². The van der Waals surface area contributed by atoms with Crippen LogP contribution in [0.2, 0.25) is 0 Å². The number of anilines is 1. The fraction of sp³-hybridized carbons (Fsp3) is 0.429. The van der Waals surface area contributed by atoms with Crippen molar-refractivity contribution in [3.05, 3.63) is 41.3 Å². The van der Waals surface area contributed by atoms with Crippen molar-refractivity contribution in [3.63, 3.8) is 0 Å². The molecule has 1 aromatic heterocycles. The average molecular weight is 400 g/mol. The van der Waals surface area contributed by atoms with E-state index in [2.05, 4.69) is 22.5 Å². The summed E-state index contributed by atoms with van der Waals surface area (Å²) < 4.78 is 5.81. The van der Waals surface area contributed by atoms with Gasteiger partial charge >= 0.3 is 0 Å². The summed E-state index contributed by atoms with van der Waals surface area (Å²) >= 11 is 1.41. The van der Waals surface area contributed by atoms with Crippen LogP contribution >= 0.6 is 11.3 Å². The Morgan fingerprint density at radius 2 is 1.89 bits per heavy atom. The number of rotatable bonds is 5. The molecule has 4 heterocycles. The molecular formula is C21H25N3O3S. The molecule has 3 aliphatic rings. The van der Waals surface area contributed by atoms with Crippen molar-refractivity contribution in [2.75, 3.05) is 18.4 Å². The van der Waals surface area contributed by atoms with Gasteiger partial charge in [0.1, 0.15) is 5.75 Å². The first-order valence-corrected chi connectivity index (χ1v) is 10.6. The summed E-state index contributed by atoms with van der Waals surface area (Å²) in [5, 5.41) is 8.48. The summed E-state index contributed by atoms with van der Waals surface area (Å²) in [5.74, 6) is 1.10. The van der Waals surface area contributed by atoms with E-state index in [-0.39, 0.29) is 17.9 Å². The molecule has 6 nitrogen and oxygen atoms in total. The highest BCUT2D eigenvalue weighted by atomic mass is 32.1. The van der Waals surface area contributed by atoms with Crippen molar-refractivity contribution < 1.29 is 14.3 Å². The third-order valence-corrected chi connectivity index (χ3v) is 6.51. The predicted molar refractivity (Wildman–Crippen MR) is 110 cm³/mol. The summed E-state index contributed by atoms with van der Waals surface area (Å²) in [6.07, 6.45) is 2.34. The van der Waals surface area contributed by atoms with Crippen LogP contribution in [0.1, 0.15) is 37.0 Å². The summed E-state index contributed by atoms with van der Waals surface area (Å²) in [6, 6.07) is 9.58. The minimum absolute atomic E-state index is 0.0266. The number of benzene rings is 1. The van der Waals surface area contributed by atoms with Gasteiger partial charge in [0, 0.05) is 36.0 Å². The first-order chi connectivity index (χ1) is 13.5. The minimum atomic E-state index is -0.114. The Labute approximate surface area is 168 Å². The molecule has 0 saturated carbocycles. The number of nitrogens with one attached hydrogen (secondary N) is 2. The fourth-order valence-electron chi connectivity index (χ4n) is 4.21. The first kappa shape index (κ1) is 19.0. The molecule has 0 unspecified atom stereocenters. The van der Waals surface area contributed by atoms with Crippen molar-refractivity contribution in [3.8, 4) is 10.8 Å². The van der Waals surface area contributed by atoms with Crippen LogP contribution in [0.15, 0.2) is 35.7 Å². The standard InChI is InChI=1S/C21H25N3O3S/c1-13-20(15-7-9-24(13)10-8-15)23-21(26)16-3-5-18(6-4-16)27-19-11-17(12-28-19)22-14(2)25/h3-6,11-13,15,20H,7-10H2,1-2H3,(H,22,25)(H,23,26)/t13-,20-/m0/s1. The second-order valence-electron chi connectivity index (χ2n) is 7.58. The number of carbonyl (C=O) groups excluding carboxylic acids is 2. The highest BCUT2D eigenvalue weighted by Crippen LogP contribution is 2.33. The van der Waals surface area contributed by atoms with E-state index in [0.29, 0.717) is 28.3 Å². The van der Waals surface area contributed by atoms with Crippen LogP contribution in [0.25, 0.3) is 0 Å². The molecule has 28 heavy (non-hydrogen) atoms. The maximum atomic E-state index is 12.7. The van der Waals surface area contributed by atoms with Gasteiger partial charge in [-0.2, -0.15) is 0 Å². The van der Waals surface area contributed by atoms with E-state index in [9.17, 15) is 9.59 Å². The second kappa shape index (κ2) is 7.93. The zero-order valence-electron chi connectivity index (χ0n) is 16.1. The number of amides is 2. The summed E-state index contributed by atoms with van der Waals surface area (Å²) in [6.45, 7) is 5.98. The van der Waals surface area contributed by atoms with Crippen LogP contribution in [-0.4, -0.2) is 41.9 Å². The number of thiophene rings is 1. The fourth-order valence-corrected chi connectivity index (χ4v) is 4.92. The van der Waals surface area contributed by atoms with Crippen LogP contribution < -0.4 is 15.4 Å². The summed E-state index contributed by atoms with van der Waals surface area (Å²) in [5.41, 5.74) is 1.36. The Kier molecular flexibility index (Phi) is 5.37. The van der Waals surface area contributed by atoms with E-state index >= 15 is 0 Å². The van der Waals surface area contributed by atoms with E-state index in [0.717, 1.165) is 18.8 Å². The third kappa shape index (κ3) is 4.05. The number of nitrogens with zero attached hydrogens (tertiary/aromatic N) is 1. The number of piperidine rings is 3. The zero-order valence-corrected chi connectivity index (χ0v) is 16.9. The lowest BCUT2D eigenvalue weighted by Gasteiger charge is -2.49. The van der Waals surface area contributed by atoms with E-state index in [4.69, 9.17) is 4.74 Å². The molecule has 2 amide bonds. The molecule has 2 aromatic rings. The molecule has 2 bridgehead atoms. The van der Waals surface area contributed by atoms with Crippen molar-refractivity contribution in [2.24, 2.45) is 5.92 Å². The van der Waals surface area contributed by atoms with Crippen molar-refractivity contribution in [2.45, 2.75) is 38.8 Å². The highest BCUT2D eigenvalue weighted by molar-refractivity contribution is 7.12. The highest BCUT2D eigenvalue weighted by Gasteiger charge is 2.40. The van der Waals surface area contributed by atoms with Crippen LogP contribution in [0.5, 0.6) is 10.8 Å². The molecule has 2 N–H and O–H groups in total. The lowest BCUT2D eigenvalue weighted by Crippen LogP contribution is -2.62.